The van der Waals surface area contributed by atoms with E-state index in [1.807, 2.05) is 56.4 Å². The Balaban J connectivity index is 0.00000312. The molecule has 0 fully saturated rings. The highest BCUT2D eigenvalue weighted by molar-refractivity contribution is 6.32. The Hall–Kier alpha value is -1.75. The third kappa shape index (κ3) is 6.58. The molecule has 0 spiro atoms. The van der Waals surface area contributed by atoms with E-state index in [1.165, 1.54) is 0 Å². The second-order valence-electron chi connectivity index (χ2n) is 5.66. The maximum absolute atomic E-state index is 12.0. The quantitative estimate of drug-likeness (QED) is 0.729. The van der Waals surface area contributed by atoms with E-state index in [9.17, 15) is 4.79 Å². The molecule has 2 N–H and O–H groups in total. The molecular formula is C19H24Cl2N2O2. The van der Waals surface area contributed by atoms with Gasteiger partial charge in [0.05, 0.1) is 5.02 Å². The molecule has 0 aliphatic carbocycles. The van der Waals surface area contributed by atoms with Crippen LogP contribution in [0.5, 0.6) is 5.75 Å². The highest BCUT2D eigenvalue weighted by Gasteiger charge is 2.12. The highest BCUT2D eigenvalue weighted by Crippen LogP contribution is 2.24. The Morgan fingerprint density at radius 2 is 1.76 bits per heavy atom. The molecule has 0 radical (unpaired) electrons. The molecule has 0 aliphatic rings. The summed E-state index contributed by atoms with van der Waals surface area (Å²) in [7, 11) is 1.84. The molecule has 2 aromatic rings. The summed E-state index contributed by atoms with van der Waals surface area (Å²) in [5, 5.41) is 6.57. The second-order valence-corrected chi connectivity index (χ2v) is 6.07. The average molecular weight is 383 g/mol. The molecule has 4 nitrogen and oxygen atoms in total. The minimum Gasteiger partial charge on any atom is -0.487 e. The number of benzene rings is 2. The standard InChI is InChI=1S/C19H23ClN2O2.ClH/c1-14(11-21-2)19(23)22-12-15-7-3-4-8-16(15)13-24-18-10-6-5-9-17(18)20;/h3-10,14,21H,11-13H2,1-2H3,(H,22,23);1H. The molecule has 1 unspecified atom stereocenters. The molecule has 6 heteroatoms. The summed E-state index contributed by atoms with van der Waals surface area (Å²) >= 11 is 6.11. The molecule has 0 heterocycles. The van der Waals surface area contributed by atoms with Crippen molar-refractivity contribution in [3.63, 3.8) is 0 Å². The number of hydrogen-bond donors (Lipinski definition) is 2. The number of amides is 1. The molecular weight excluding hydrogens is 359 g/mol. The Kier molecular flexibility index (Phi) is 9.35. The zero-order valence-corrected chi connectivity index (χ0v) is 16.0. The van der Waals surface area contributed by atoms with Crippen molar-refractivity contribution in [1.29, 1.82) is 0 Å². The lowest BCUT2D eigenvalue weighted by Gasteiger charge is -2.15. The van der Waals surface area contributed by atoms with Gasteiger partial charge >= 0.3 is 0 Å². The molecule has 1 amide bonds. The summed E-state index contributed by atoms with van der Waals surface area (Å²) in [6, 6.07) is 15.3. The minimum absolute atomic E-state index is 0. The molecule has 136 valence electrons. The van der Waals surface area contributed by atoms with Crippen LogP contribution in [0.15, 0.2) is 48.5 Å². The van der Waals surface area contributed by atoms with E-state index >= 15 is 0 Å². The Bertz CT molecular complexity index is 680. The maximum Gasteiger partial charge on any atom is 0.224 e. The molecule has 1 atom stereocenters. The van der Waals surface area contributed by atoms with E-state index in [4.69, 9.17) is 16.3 Å². The van der Waals surface area contributed by atoms with Crippen LogP contribution in [0.4, 0.5) is 0 Å². The highest BCUT2D eigenvalue weighted by atomic mass is 35.5. The number of rotatable bonds is 8. The summed E-state index contributed by atoms with van der Waals surface area (Å²) in [6.07, 6.45) is 0. The van der Waals surface area contributed by atoms with Crippen molar-refractivity contribution >= 4 is 29.9 Å². The number of carbonyl (C=O) groups excluding carboxylic acids is 1. The van der Waals surface area contributed by atoms with Gasteiger partial charge in [-0.25, -0.2) is 0 Å². The summed E-state index contributed by atoms with van der Waals surface area (Å²) < 4.78 is 5.80. The van der Waals surface area contributed by atoms with Gasteiger partial charge in [0.1, 0.15) is 12.4 Å². The van der Waals surface area contributed by atoms with E-state index in [0.29, 0.717) is 30.5 Å². The number of carbonyl (C=O) groups is 1. The third-order valence-corrected chi connectivity index (χ3v) is 4.06. The molecule has 0 saturated carbocycles. The van der Waals surface area contributed by atoms with Gasteiger partial charge in [0.25, 0.3) is 0 Å². The summed E-state index contributed by atoms with van der Waals surface area (Å²) in [5.41, 5.74) is 2.06. The predicted molar refractivity (Wildman–Crippen MR) is 104 cm³/mol. The van der Waals surface area contributed by atoms with Crippen molar-refractivity contribution in [1.82, 2.24) is 10.6 Å². The first-order valence-corrected chi connectivity index (χ1v) is 8.36. The molecule has 0 saturated heterocycles. The van der Waals surface area contributed by atoms with Gasteiger partial charge in [-0.15, -0.1) is 12.4 Å². The van der Waals surface area contributed by atoms with Gasteiger partial charge in [0.2, 0.25) is 5.91 Å². The van der Waals surface area contributed by atoms with E-state index in [-0.39, 0.29) is 24.2 Å². The second kappa shape index (κ2) is 11.0. The third-order valence-electron chi connectivity index (χ3n) is 3.75. The SMILES string of the molecule is CNCC(C)C(=O)NCc1ccccc1COc1ccccc1Cl.Cl. The van der Waals surface area contributed by atoms with Crippen LogP contribution in [-0.2, 0) is 17.9 Å². The Morgan fingerprint density at radius 3 is 2.44 bits per heavy atom. The molecule has 0 bridgehead atoms. The monoisotopic (exact) mass is 382 g/mol. The molecule has 2 rings (SSSR count). The first kappa shape index (κ1) is 21.3. The van der Waals surface area contributed by atoms with Gasteiger partial charge in [-0.1, -0.05) is 54.9 Å². The van der Waals surface area contributed by atoms with Crippen LogP contribution in [0.3, 0.4) is 0 Å². The van der Waals surface area contributed by atoms with Crippen LogP contribution >= 0.6 is 24.0 Å². The van der Waals surface area contributed by atoms with E-state index < -0.39 is 0 Å². The van der Waals surface area contributed by atoms with Crippen molar-refractivity contribution in [3.8, 4) is 5.75 Å². The van der Waals surface area contributed by atoms with E-state index in [1.54, 1.807) is 6.07 Å². The van der Waals surface area contributed by atoms with Crippen molar-refractivity contribution < 1.29 is 9.53 Å². The van der Waals surface area contributed by atoms with Crippen molar-refractivity contribution in [2.75, 3.05) is 13.6 Å². The number of hydrogen-bond acceptors (Lipinski definition) is 3. The van der Waals surface area contributed by atoms with Crippen LogP contribution in [0.1, 0.15) is 18.1 Å². The first-order valence-electron chi connectivity index (χ1n) is 7.98. The Labute approximate surface area is 160 Å². The van der Waals surface area contributed by atoms with Crippen LogP contribution in [0, 0.1) is 5.92 Å². The average Bonchev–Trinajstić information content (AvgIpc) is 2.60. The summed E-state index contributed by atoms with van der Waals surface area (Å²) in [6.45, 7) is 3.44. The first-order chi connectivity index (χ1) is 11.6. The zero-order valence-electron chi connectivity index (χ0n) is 14.4. The van der Waals surface area contributed by atoms with Crippen molar-refractivity contribution in [2.45, 2.75) is 20.1 Å². The smallest absolute Gasteiger partial charge is 0.224 e. The fourth-order valence-corrected chi connectivity index (χ4v) is 2.53. The minimum atomic E-state index is -0.0680. The van der Waals surface area contributed by atoms with Crippen molar-refractivity contribution in [3.05, 3.63) is 64.7 Å². The lowest BCUT2D eigenvalue weighted by molar-refractivity contribution is -0.124. The number of para-hydroxylation sites is 1. The zero-order chi connectivity index (χ0) is 17.4. The van der Waals surface area contributed by atoms with Gasteiger partial charge < -0.3 is 15.4 Å². The fourth-order valence-electron chi connectivity index (χ4n) is 2.34. The molecule has 2 aromatic carbocycles. The van der Waals surface area contributed by atoms with Gasteiger partial charge in [-0.3, -0.25) is 4.79 Å². The predicted octanol–water partition coefficient (Wildman–Crippen LogP) is 3.81. The largest absolute Gasteiger partial charge is 0.487 e. The topological polar surface area (TPSA) is 50.4 Å². The van der Waals surface area contributed by atoms with Gasteiger partial charge in [0, 0.05) is 19.0 Å². The number of nitrogens with one attached hydrogen (secondary N) is 2. The lowest BCUT2D eigenvalue weighted by Crippen LogP contribution is -2.34. The van der Waals surface area contributed by atoms with E-state index in [2.05, 4.69) is 10.6 Å². The van der Waals surface area contributed by atoms with Gasteiger partial charge in [-0.05, 0) is 30.3 Å². The van der Waals surface area contributed by atoms with Gasteiger partial charge in [-0.2, -0.15) is 0 Å². The lowest BCUT2D eigenvalue weighted by atomic mass is 10.1. The van der Waals surface area contributed by atoms with Crippen molar-refractivity contribution in [2.24, 2.45) is 5.92 Å². The summed E-state index contributed by atoms with van der Waals surface area (Å²) in [4.78, 5) is 12.0. The molecule has 25 heavy (non-hydrogen) atoms. The molecule has 0 aliphatic heterocycles. The number of ether oxygens (including phenoxy) is 1. The Morgan fingerprint density at radius 1 is 1.12 bits per heavy atom. The van der Waals surface area contributed by atoms with Crippen LogP contribution in [-0.4, -0.2) is 19.5 Å². The number of halogens is 2. The van der Waals surface area contributed by atoms with Gasteiger partial charge in [0.15, 0.2) is 0 Å². The maximum atomic E-state index is 12.0. The van der Waals surface area contributed by atoms with Crippen LogP contribution in [0.25, 0.3) is 0 Å². The normalized spacial score (nSPS) is 11.3. The molecule has 0 aromatic heterocycles. The summed E-state index contributed by atoms with van der Waals surface area (Å²) in [5.74, 6) is 0.619. The fraction of sp³-hybridized carbons (Fsp3) is 0.316. The van der Waals surface area contributed by atoms with Crippen LogP contribution in [0.2, 0.25) is 5.02 Å². The van der Waals surface area contributed by atoms with E-state index in [0.717, 1.165) is 11.1 Å². The van der Waals surface area contributed by atoms with Crippen LogP contribution < -0.4 is 15.4 Å².